The number of rotatable bonds is 7. The summed E-state index contributed by atoms with van der Waals surface area (Å²) < 4.78 is 5.31. The maximum Gasteiger partial charge on any atom is 0.226 e. The minimum Gasteiger partial charge on any atom is -0.339 e. The number of piperidine rings is 1. The average Bonchev–Trinajstić information content (AvgIpc) is 3.19. The van der Waals surface area contributed by atoms with Gasteiger partial charge < -0.3 is 9.84 Å². The van der Waals surface area contributed by atoms with Crippen LogP contribution in [0, 0.1) is 11.8 Å². The number of hydrogen-bond acceptors (Lipinski definition) is 5. The maximum atomic E-state index is 5.31. The average molecular weight is 292 g/mol. The largest absolute Gasteiger partial charge is 0.339 e. The Bertz CT molecular complexity index is 433. The molecule has 3 rings (SSSR count). The van der Waals surface area contributed by atoms with Gasteiger partial charge in [0.1, 0.15) is 0 Å². The molecule has 2 fully saturated rings. The second-order valence-corrected chi connectivity index (χ2v) is 7.10. The van der Waals surface area contributed by atoms with Crippen molar-refractivity contribution in [3.05, 3.63) is 11.7 Å². The number of likely N-dealkylation sites (tertiary alicyclic amines) is 1. The Hall–Kier alpha value is -0.940. The van der Waals surface area contributed by atoms with E-state index in [0.717, 1.165) is 43.7 Å². The summed E-state index contributed by atoms with van der Waals surface area (Å²) in [7, 11) is 0. The molecule has 2 heterocycles. The van der Waals surface area contributed by atoms with E-state index in [2.05, 4.69) is 34.2 Å². The van der Waals surface area contributed by atoms with E-state index in [4.69, 9.17) is 4.52 Å². The lowest BCUT2D eigenvalue weighted by Crippen LogP contribution is -2.42. The summed E-state index contributed by atoms with van der Waals surface area (Å²) in [5.41, 5.74) is 0. The highest BCUT2D eigenvalue weighted by atomic mass is 16.5. The molecule has 0 unspecified atom stereocenters. The van der Waals surface area contributed by atoms with Gasteiger partial charge in [-0.1, -0.05) is 19.0 Å². The molecule has 0 atom stereocenters. The molecule has 1 aromatic rings. The van der Waals surface area contributed by atoms with Gasteiger partial charge in [-0.15, -0.1) is 0 Å². The van der Waals surface area contributed by atoms with Crippen molar-refractivity contribution in [3.8, 4) is 0 Å². The summed E-state index contributed by atoms with van der Waals surface area (Å²) in [5, 5.41) is 7.82. The monoisotopic (exact) mass is 292 g/mol. The second-order valence-electron chi connectivity index (χ2n) is 7.10. The third kappa shape index (κ3) is 4.78. The van der Waals surface area contributed by atoms with Gasteiger partial charge in [-0.25, -0.2) is 0 Å². The lowest BCUT2D eigenvalue weighted by atomic mass is 10.0. The highest BCUT2D eigenvalue weighted by Gasteiger charge is 2.24. The zero-order valence-electron chi connectivity index (χ0n) is 13.3. The van der Waals surface area contributed by atoms with Crippen molar-refractivity contribution in [1.29, 1.82) is 0 Å². The van der Waals surface area contributed by atoms with Crippen LogP contribution < -0.4 is 5.32 Å². The minimum atomic E-state index is 0.562. The van der Waals surface area contributed by atoms with E-state index >= 15 is 0 Å². The summed E-state index contributed by atoms with van der Waals surface area (Å²) in [6.45, 7) is 8.67. The van der Waals surface area contributed by atoms with Crippen LogP contribution in [0.25, 0.3) is 0 Å². The SMILES string of the molecule is CC(C)Cc1nc(CN2CCC(NCC3CC3)CC2)no1. The zero-order chi connectivity index (χ0) is 14.7. The summed E-state index contributed by atoms with van der Waals surface area (Å²) in [6, 6.07) is 0.712. The quantitative estimate of drug-likeness (QED) is 0.835. The second kappa shape index (κ2) is 6.88. The molecule has 118 valence electrons. The smallest absolute Gasteiger partial charge is 0.226 e. The van der Waals surface area contributed by atoms with Gasteiger partial charge in [-0.2, -0.15) is 4.98 Å². The number of nitrogens with zero attached hydrogens (tertiary/aromatic N) is 3. The number of hydrogen-bond donors (Lipinski definition) is 1. The van der Waals surface area contributed by atoms with E-state index in [1.165, 1.54) is 32.2 Å². The fraction of sp³-hybridized carbons (Fsp3) is 0.875. The van der Waals surface area contributed by atoms with Crippen LogP contribution in [-0.2, 0) is 13.0 Å². The van der Waals surface area contributed by atoms with Crippen molar-refractivity contribution in [1.82, 2.24) is 20.4 Å². The molecule has 1 aromatic heterocycles. The Morgan fingerprint density at radius 2 is 2.00 bits per heavy atom. The Labute approximate surface area is 127 Å². The predicted molar refractivity (Wildman–Crippen MR) is 81.9 cm³/mol. The van der Waals surface area contributed by atoms with E-state index in [9.17, 15) is 0 Å². The van der Waals surface area contributed by atoms with Crippen LogP contribution in [0.15, 0.2) is 4.52 Å². The maximum absolute atomic E-state index is 5.31. The summed E-state index contributed by atoms with van der Waals surface area (Å²) in [6.07, 6.45) is 6.22. The number of aromatic nitrogens is 2. The van der Waals surface area contributed by atoms with Crippen molar-refractivity contribution < 1.29 is 4.52 Å². The van der Waals surface area contributed by atoms with Gasteiger partial charge in [0.05, 0.1) is 6.54 Å². The molecule has 1 saturated heterocycles. The Kier molecular flexibility index (Phi) is 4.91. The van der Waals surface area contributed by atoms with Crippen LogP contribution in [0.5, 0.6) is 0 Å². The van der Waals surface area contributed by atoms with E-state index in [1.54, 1.807) is 0 Å². The molecule has 0 aromatic carbocycles. The van der Waals surface area contributed by atoms with E-state index in [1.807, 2.05) is 0 Å². The van der Waals surface area contributed by atoms with Crippen LogP contribution in [0.1, 0.15) is 51.2 Å². The predicted octanol–water partition coefficient (Wildman–Crippen LogP) is 2.23. The molecule has 5 heteroatoms. The molecule has 21 heavy (non-hydrogen) atoms. The van der Waals surface area contributed by atoms with Crippen molar-refractivity contribution in [3.63, 3.8) is 0 Å². The summed E-state index contributed by atoms with van der Waals surface area (Å²) in [5.74, 6) is 3.16. The summed E-state index contributed by atoms with van der Waals surface area (Å²) in [4.78, 5) is 6.94. The van der Waals surface area contributed by atoms with Crippen LogP contribution >= 0.6 is 0 Å². The Morgan fingerprint density at radius 3 is 2.67 bits per heavy atom. The molecular weight excluding hydrogens is 264 g/mol. The third-order valence-corrected chi connectivity index (χ3v) is 4.44. The molecule has 2 aliphatic rings. The highest BCUT2D eigenvalue weighted by Crippen LogP contribution is 2.28. The first-order chi connectivity index (χ1) is 10.2. The topological polar surface area (TPSA) is 54.2 Å². The lowest BCUT2D eigenvalue weighted by Gasteiger charge is -2.31. The third-order valence-electron chi connectivity index (χ3n) is 4.44. The summed E-state index contributed by atoms with van der Waals surface area (Å²) >= 11 is 0. The first kappa shape index (κ1) is 15.0. The van der Waals surface area contributed by atoms with Crippen LogP contribution in [0.2, 0.25) is 0 Å². The lowest BCUT2D eigenvalue weighted by molar-refractivity contribution is 0.184. The minimum absolute atomic E-state index is 0.562. The van der Waals surface area contributed by atoms with Gasteiger partial charge in [0, 0.05) is 25.6 Å². The fourth-order valence-corrected chi connectivity index (χ4v) is 2.94. The zero-order valence-corrected chi connectivity index (χ0v) is 13.3. The van der Waals surface area contributed by atoms with Crippen molar-refractivity contribution in [2.45, 2.75) is 58.5 Å². The molecular formula is C16H28N4O. The van der Waals surface area contributed by atoms with Gasteiger partial charge in [-0.3, -0.25) is 4.90 Å². The molecule has 1 saturated carbocycles. The van der Waals surface area contributed by atoms with Gasteiger partial charge in [0.25, 0.3) is 0 Å². The Balaban J connectivity index is 1.38. The van der Waals surface area contributed by atoms with Gasteiger partial charge in [0.2, 0.25) is 5.89 Å². The highest BCUT2D eigenvalue weighted by molar-refractivity contribution is 4.89. The molecule has 0 amide bonds. The Morgan fingerprint density at radius 1 is 1.24 bits per heavy atom. The molecule has 1 aliphatic heterocycles. The molecule has 5 nitrogen and oxygen atoms in total. The fourth-order valence-electron chi connectivity index (χ4n) is 2.94. The standard InChI is InChI=1S/C16H28N4O/c1-12(2)9-16-18-15(19-21-16)11-20-7-5-14(6-8-20)17-10-13-3-4-13/h12-14,17H,3-11H2,1-2H3. The van der Waals surface area contributed by atoms with Gasteiger partial charge >= 0.3 is 0 Å². The van der Waals surface area contributed by atoms with Gasteiger partial charge in [-0.05, 0) is 44.1 Å². The molecule has 0 radical (unpaired) electrons. The van der Waals surface area contributed by atoms with E-state index < -0.39 is 0 Å². The van der Waals surface area contributed by atoms with E-state index in [-0.39, 0.29) is 0 Å². The first-order valence-electron chi connectivity index (χ1n) is 8.46. The van der Waals surface area contributed by atoms with E-state index in [0.29, 0.717) is 12.0 Å². The molecule has 0 bridgehead atoms. The van der Waals surface area contributed by atoms with Crippen molar-refractivity contribution in [2.24, 2.45) is 11.8 Å². The van der Waals surface area contributed by atoms with Gasteiger partial charge in [0.15, 0.2) is 5.82 Å². The molecule has 1 N–H and O–H groups in total. The molecule has 0 spiro atoms. The van der Waals surface area contributed by atoms with Crippen molar-refractivity contribution in [2.75, 3.05) is 19.6 Å². The van der Waals surface area contributed by atoms with Crippen LogP contribution in [-0.4, -0.2) is 40.7 Å². The van der Waals surface area contributed by atoms with Crippen LogP contribution in [0.3, 0.4) is 0 Å². The first-order valence-corrected chi connectivity index (χ1v) is 8.46. The van der Waals surface area contributed by atoms with Crippen LogP contribution in [0.4, 0.5) is 0 Å². The molecule has 1 aliphatic carbocycles. The normalized spacial score (nSPS) is 21.3. The number of nitrogens with one attached hydrogen (secondary N) is 1. The van der Waals surface area contributed by atoms with Crippen molar-refractivity contribution >= 4 is 0 Å².